The van der Waals surface area contributed by atoms with Gasteiger partial charge in [-0.3, -0.25) is 0 Å². The zero-order valence-corrected chi connectivity index (χ0v) is 12.5. The molecule has 1 aliphatic rings. The Morgan fingerprint density at radius 3 is 2.81 bits per heavy atom. The van der Waals surface area contributed by atoms with Gasteiger partial charge in [0.1, 0.15) is 5.75 Å². The van der Waals surface area contributed by atoms with Crippen LogP contribution in [0.1, 0.15) is 25.1 Å². The highest BCUT2D eigenvalue weighted by Gasteiger charge is 2.20. The van der Waals surface area contributed by atoms with Crippen molar-refractivity contribution < 1.29 is 9.47 Å². The van der Waals surface area contributed by atoms with E-state index >= 15 is 0 Å². The molecule has 0 aliphatic carbocycles. The summed E-state index contributed by atoms with van der Waals surface area (Å²) in [6.45, 7) is 4.70. The second kappa shape index (κ2) is 6.12. The van der Waals surface area contributed by atoms with Crippen molar-refractivity contribution in [1.82, 2.24) is 10.2 Å². The Labute approximate surface area is 125 Å². The Morgan fingerprint density at radius 2 is 2.05 bits per heavy atom. The van der Waals surface area contributed by atoms with Crippen molar-refractivity contribution in [3.05, 3.63) is 47.7 Å². The van der Waals surface area contributed by atoms with Gasteiger partial charge in [0.2, 0.25) is 5.88 Å². The molecule has 2 aromatic rings. The van der Waals surface area contributed by atoms with Gasteiger partial charge < -0.3 is 9.47 Å². The Balaban J connectivity index is 1.62. The van der Waals surface area contributed by atoms with Gasteiger partial charge in [0.25, 0.3) is 0 Å². The van der Waals surface area contributed by atoms with Gasteiger partial charge in [-0.2, -0.15) is 5.10 Å². The molecule has 3 rings (SSSR count). The lowest BCUT2D eigenvalue weighted by Crippen LogP contribution is -2.23. The highest BCUT2D eigenvalue weighted by molar-refractivity contribution is 5.35. The minimum atomic E-state index is 0.119. The second-order valence-electron chi connectivity index (χ2n) is 5.72. The molecule has 110 valence electrons. The zero-order chi connectivity index (χ0) is 14.7. The van der Waals surface area contributed by atoms with E-state index in [4.69, 9.17) is 9.47 Å². The minimum Gasteiger partial charge on any atom is -0.493 e. The Bertz CT molecular complexity index is 596. The van der Waals surface area contributed by atoms with E-state index in [0.717, 1.165) is 30.9 Å². The van der Waals surface area contributed by atoms with Crippen molar-refractivity contribution in [3.8, 4) is 11.6 Å². The molecular weight excluding hydrogens is 264 g/mol. The van der Waals surface area contributed by atoms with Crippen molar-refractivity contribution in [2.45, 2.75) is 32.8 Å². The number of hydrogen-bond donors (Lipinski definition) is 0. The molecule has 1 unspecified atom stereocenters. The normalized spacial score (nSPS) is 17.2. The van der Waals surface area contributed by atoms with E-state index in [1.165, 1.54) is 5.56 Å². The fourth-order valence-corrected chi connectivity index (χ4v) is 2.58. The average Bonchev–Trinajstić information content (AvgIpc) is 2.49. The zero-order valence-electron chi connectivity index (χ0n) is 12.5. The van der Waals surface area contributed by atoms with Crippen LogP contribution in [-0.2, 0) is 12.8 Å². The first-order chi connectivity index (χ1) is 10.2. The SMILES string of the molecule is CC(C)Oc1ccc(CC2COc3ccccc3C2)nn1. The summed E-state index contributed by atoms with van der Waals surface area (Å²) in [5.74, 6) is 2.05. The first kappa shape index (κ1) is 13.9. The molecule has 1 aliphatic heterocycles. The van der Waals surface area contributed by atoms with Crippen LogP contribution in [0.15, 0.2) is 36.4 Å². The van der Waals surface area contributed by atoms with Crippen LogP contribution in [0.4, 0.5) is 0 Å². The number of ether oxygens (including phenoxy) is 2. The summed E-state index contributed by atoms with van der Waals surface area (Å²) in [6, 6.07) is 12.1. The van der Waals surface area contributed by atoms with E-state index in [-0.39, 0.29) is 6.10 Å². The molecule has 0 N–H and O–H groups in total. The molecule has 0 saturated heterocycles. The molecule has 1 atom stereocenters. The Morgan fingerprint density at radius 1 is 1.19 bits per heavy atom. The van der Waals surface area contributed by atoms with Crippen molar-refractivity contribution in [2.24, 2.45) is 5.92 Å². The molecule has 1 aromatic carbocycles. The second-order valence-corrected chi connectivity index (χ2v) is 5.72. The van der Waals surface area contributed by atoms with Crippen LogP contribution < -0.4 is 9.47 Å². The lowest BCUT2D eigenvalue weighted by molar-refractivity contribution is 0.218. The number of fused-ring (bicyclic) bond motifs is 1. The maximum atomic E-state index is 5.81. The van der Waals surface area contributed by atoms with Gasteiger partial charge in [-0.1, -0.05) is 18.2 Å². The van der Waals surface area contributed by atoms with Crippen molar-refractivity contribution >= 4 is 0 Å². The maximum Gasteiger partial charge on any atom is 0.233 e. The highest BCUT2D eigenvalue weighted by Crippen LogP contribution is 2.28. The predicted octanol–water partition coefficient (Wildman–Crippen LogP) is 3.06. The molecule has 0 saturated carbocycles. The predicted molar refractivity (Wildman–Crippen MR) is 80.6 cm³/mol. The van der Waals surface area contributed by atoms with Crippen LogP contribution in [0, 0.1) is 5.92 Å². The van der Waals surface area contributed by atoms with Crippen LogP contribution in [0.5, 0.6) is 11.6 Å². The number of benzene rings is 1. The van der Waals surface area contributed by atoms with Crippen LogP contribution >= 0.6 is 0 Å². The largest absolute Gasteiger partial charge is 0.493 e. The summed E-state index contributed by atoms with van der Waals surface area (Å²) < 4.78 is 11.3. The third-order valence-corrected chi connectivity index (χ3v) is 3.51. The van der Waals surface area contributed by atoms with E-state index < -0.39 is 0 Å². The Kier molecular flexibility index (Phi) is 4.04. The molecule has 0 amide bonds. The van der Waals surface area contributed by atoms with E-state index in [1.807, 2.05) is 38.1 Å². The summed E-state index contributed by atoms with van der Waals surface area (Å²) in [5, 5.41) is 8.37. The number of aromatic nitrogens is 2. The lowest BCUT2D eigenvalue weighted by atomic mass is 9.93. The molecule has 4 heteroatoms. The van der Waals surface area contributed by atoms with E-state index in [9.17, 15) is 0 Å². The van der Waals surface area contributed by atoms with E-state index in [2.05, 4.69) is 22.3 Å². The summed E-state index contributed by atoms with van der Waals surface area (Å²) in [4.78, 5) is 0. The Hall–Kier alpha value is -2.10. The molecule has 4 nitrogen and oxygen atoms in total. The molecule has 0 radical (unpaired) electrons. The van der Waals surface area contributed by atoms with E-state index in [0.29, 0.717) is 11.8 Å². The first-order valence-electron chi connectivity index (χ1n) is 7.40. The van der Waals surface area contributed by atoms with Crippen LogP contribution in [0.25, 0.3) is 0 Å². The summed E-state index contributed by atoms with van der Waals surface area (Å²) in [6.07, 6.45) is 2.03. The van der Waals surface area contributed by atoms with Crippen molar-refractivity contribution in [2.75, 3.05) is 6.61 Å². The van der Waals surface area contributed by atoms with Gasteiger partial charge in [0.05, 0.1) is 18.4 Å². The van der Waals surface area contributed by atoms with Crippen molar-refractivity contribution in [1.29, 1.82) is 0 Å². The topological polar surface area (TPSA) is 44.2 Å². The fraction of sp³-hybridized carbons (Fsp3) is 0.412. The monoisotopic (exact) mass is 284 g/mol. The lowest BCUT2D eigenvalue weighted by Gasteiger charge is -2.24. The molecule has 0 spiro atoms. The summed E-state index contributed by atoms with van der Waals surface area (Å²) in [5.41, 5.74) is 2.26. The minimum absolute atomic E-state index is 0.119. The van der Waals surface area contributed by atoms with Crippen molar-refractivity contribution in [3.63, 3.8) is 0 Å². The molecule has 1 aromatic heterocycles. The van der Waals surface area contributed by atoms with Gasteiger partial charge in [-0.25, -0.2) is 0 Å². The fourth-order valence-electron chi connectivity index (χ4n) is 2.58. The number of rotatable bonds is 4. The van der Waals surface area contributed by atoms with Gasteiger partial charge in [0.15, 0.2) is 0 Å². The maximum absolute atomic E-state index is 5.81. The van der Waals surface area contributed by atoms with Crippen LogP contribution in [-0.4, -0.2) is 22.9 Å². The first-order valence-corrected chi connectivity index (χ1v) is 7.40. The standard InChI is InChI=1S/C17H20N2O2/c1-12(2)21-17-8-7-15(18-19-17)10-13-9-14-5-3-4-6-16(14)20-11-13/h3-8,12-13H,9-11H2,1-2H3. The van der Waals surface area contributed by atoms with E-state index in [1.54, 1.807) is 0 Å². The van der Waals surface area contributed by atoms with Gasteiger partial charge in [-0.05, 0) is 44.4 Å². The molecule has 0 fully saturated rings. The third-order valence-electron chi connectivity index (χ3n) is 3.51. The molecular formula is C17H20N2O2. The highest BCUT2D eigenvalue weighted by atomic mass is 16.5. The molecule has 2 heterocycles. The smallest absolute Gasteiger partial charge is 0.233 e. The number of nitrogens with zero attached hydrogens (tertiary/aromatic N) is 2. The van der Waals surface area contributed by atoms with Gasteiger partial charge >= 0.3 is 0 Å². The summed E-state index contributed by atoms with van der Waals surface area (Å²) >= 11 is 0. The molecule has 21 heavy (non-hydrogen) atoms. The molecule has 0 bridgehead atoms. The van der Waals surface area contributed by atoms with Crippen LogP contribution in [0.2, 0.25) is 0 Å². The quantitative estimate of drug-likeness (QED) is 0.865. The third kappa shape index (κ3) is 3.51. The van der Waals surface area contributed by atoms with Crippen LogP contribution in [0.3, 0.4) is 0 Å². The number of hydrogen-bond acceptors (Lipinski definition) is 4. The van der Waals surface area contributed by atoms with Gasteiger partial charge in [-0.15, -0.1) is 5.10 Å². The average molecular weight is 284 g/mol. The number of para-hydroxylation sites is 1. The summed E-state index contributed by atoms with van der Waals surface area (Å²) in [7, 11) is 0. The van der Waals surface area contributed by atoms with Gasteiger partial charge in [0, 0.05) is 12.0 Å².